The first-order valence-corrected chi connectivity index (χ1v) is 8.76. The van der Waals surface area contributed by atoms with Crippen LogP contribution in [0.25, 0.3) is 0 Å². The molecule has 0 aliphatic carbocycles. The molecule has 124 valence electrons. The monoisotopic (exact) mass is 420 g/mol. The maximum Gasteiger partial charge on any atom is 0.306 e. The Morgan fingerprint density at radius 3 is 2.59 bits per heavy atom. The van der Waals surface area contributed by atoms with Gasteiger partial charge < -0.3 is 14.2 Å². The van der Waals surface area contributed by atoms with Crippen molar-refractivity contribution in [2.45, 2.75) is 51.7 Å². The summed E-state index contributed by atoms with van der Waals surface area (Å²) in [4.78, 5) is 12.0. The van der Waals surface area contributed by atoms with Crippen molar-refractivity contribution < 1.29 is 19.0 Å². The molecule has 0 N–H and O–H groups in total. The second-order valence-corrected chi connectivity index (χ2v) is 6.22. The molecule has 1 rings (SSSR count). The predicted molar refractivity (Wildman–Crippen MR) is 94.6 cm³/mol. The Bertz CT molecular complexity index is 450. The lowest BCUT2D eigenvalue weighted by molar-refractivity contribution is -0.167. The van der Waals surface area contributed by atoms with Crippen LogP contribution in [0.1, 0.15) is 51.2 Å². The minimum atomic E-state index is -0.316. The second-order valence-electron chi connectivity index (χ2n) is 5.06. The molecule has 2 atom stereocenters. The van der Waals surface area contributed by atoms with E-state index in [1.54, 1.807) is 7.11 Å². The number of carbonyl (C=O) groups is 1. The van der Waals surface area contributed by atoms with Gasteiger partial charge in [0.15, 0.2) is 0 Å². The van der Waals surface area contributed by atoms with Crippen LogP contribution in [0.15, 0.2) is 24.3 Å². The standard InChI is InChI=1S/C17H25IO4/c1-4-6-11-16(19)22-15(5-2)17(21-12-20-3)13-9-7-8-10-14(13)18/h7-10,15,17H,4-6,11-12H2,1-3H3/t15-,17-/m0/s1. The van der Waals surface area contributed by atoms with Crippen LogP contribution in [0.2, 0.25) is 0 Å². The van der Waals surface area contributed by atoms with E-state index in [1.807, 2.05) is 31.2 Å². The molecule has 0 unspecified atom stereocenters. The average molecular weight is 420 g/mol. The van der Waals surface area contributed by atoms with E-state index in [9.17, 15) is 4.79 Å². The Balaban J connectivity index is 2.87. The molecule has 22 heavy (non-hydrogen) atoms. The van der Waals surface area contributed by atoms with Crippen LogP contribution in [0.5, 0.6) is 0 Å². The summed E-state index contributed by atoms with van der Waals surface area (Å²) >= 11 is 2.27. The maximum atomic E-state index is 12.0. The molecular formula is C17H25IO4. The summed E-state index contributed by atoms with van der Waals surface area (Å²) < 4.78 is 17.6. The van der Waals surface area contributed by atoms with E-state index in [0.717, 1.165) is 22.0 Å². The minimum absolute atomic E-state index is 0.161. The predicted octanol–water partition coefficient (Wildman–Crippen LogP) is 4.46. The third-order valence-electron chi connectivity index (χ3n) is 3.33. The van der Waals surface area contributed by atoms with Gasteiger partial charge in [-0.15, -0.1) is 0 Å². The fourth-order valence-corrected chi connectivity index (χ4v) is 2.85. The van der Waals surface area contributed by atoms with Gasteiger partial charge in [0.25, 0.3) is 0 Å². The zero-order chi connectivity index (χ0) is 16.4. The van der Waals surface area contributed by atoms with E-state index in [1.165, 1.54) is 0 Å². The highest BCUT2D eigenvalue weighted by Gasteiger charge is 2.27. The van der Waals surface area contributed by atoms with Crippen molar-refractivity contribution in [3.63, 3.8) is 0 Å². The number of unbranched alkanes of at least 4 members (excludes halogenated alkanes) is 1. The lowest BCUT2D eigenvalue weighted by Crippen LogP contribution is -2.28. The highest BCUT2D eigenvalue weighted by Crippen LogP contribution is 2.29. The van der Waals surface area contributed by atoms with Crippen molar-refractivity contribution in [2.75, 3.05) is 13.9 Å². The normalized spacial score (nSPS) is 13.6. The molecule has 0 radical (unpaired) electrons. The van der Waals surface area contributed by atoms with E-state index >= 15 is 0 Å². The van der Waals surface area contributed by atoms with Gasteiger partial charge in [-0.1, -0.05) is 38.5 Å². The summed E-state index contributed by atoms with van der Waals surface area (Å²) in [5.74, 6) is -0.161. The van der Waals surface area contributed by atoms with Crippen LogP contribution in [-0.2, 0) is 19.0 Å². The molecule has 0 spiro atoms. The molecule has 0 saturated heterocycles. The van der Waals surface area contributed by atoms with Crippen molar-refractivity contribution in [1.82, 2.24) is 0 Å². The van der Waals surface area contributed by atoms with E-state index in [0.29, 0.717) is 12.8 Å². The van der Waals surface area contributed by atoms with E-state index in [4.69, 9.17) is 14.2 Å². The van der Waals surface area contributed by atoms with Crippen molar-refractivity contribution in [3.05, 3.63) is 33.4 Å². The molecule has 0 bridgehead atoms. The molecule has 0 aliphatic rings. The van der Waals surface area contributed by atoms with Crippen LogP contribution in [0.4, 0.5) is 0 Å². The van der Waals surface area contributed by atoms with Crippen molar-refractivity contribution in [3.8, 4) is 0 Å². The molecule has 0 heterocycles. The van der Waals surface area contributed by atoms with Crippen LogP contribution < -0.4 is 0 Å². The number of ether oxygens (including phenoxy) is 3. The number of hydrogen-bond acceptors (Lipinski definition) is 4. The first-order valence-electron chi connectivity index (χ1n) is 7.68. The zero-order valence-electron chi connectivity index (χ0n) is 13.5. The molecule has 0 fully saturated rings. The summed E-state index contributed by atoms with van der Waals surface area (Å²) in [7, 11) is 1.58. The van der Waals surface area contributed by atoms with Gasteiger partial charge in [-0.05, 0) is 47.1 Å². The average Bonchev–Trinajstić information content (AvgIpc) is 2.53. The fourth-order valence-electron chi connectivity index (χ4n) is 2.15. The number of rotatable bonds is 10. The quantitative estimate of drug-likeness (QED) is 0.319. The van der Waals surface area contributed by atoms with Crippen LogP contribution in [0, 0.1) is 3.57 Å². The van der Waals surface area contributed by atoms with E-state index in [2.05, 4.69) is 29.5 Å². The third-order valence-corrected chi connectivity index (χ3v) is 4.32. The van der Waals surface area contributed by atoms with Crippen molar-refractivity contribution >= 4 is 28.6 Å². The number of hydrogen-bond donors (Lipinski definition) is 0. The Hall–Kier alpha value is -0.660. The molecule has 0 aliphatic heterocycles. The van der Waals surface area contributed by atoms with Gasteiger partial charge in [0.05, 0.1) is 0 Å². The van der Waals surface area contributed by atoms with Crippen molar-refractivity contribution in [2.24, 2.45) is 0 Å². The summed E-state index contributed by atoms with van der Waals surface area (Å²) in [6.07, 6.45) is 2.35. The zero-order valence-corrected chi connectivity index (χ0v) is 15.7. The highest BCUT2D eigenvalue weighted by molar-refractivity contribution is 14.1. The Morgan fingerprint density at radius 2 is 2.00 bits per heavy atom. The number of esters is 1. The SMILES string of the molecule is CCCCC(=O)O[C@@H](CC)[C@@H](OCOC)c1ccccc1I. The van der Waals surface area contributed by atoms with Crippen LogP contribution >= 0.6 is 22.6 Å². The van der Waals surface area contributed by atoms with E-state index in [-0.39, 0.29) is 25.0 Å². The molecule has 1 aromatic carbocycles. The first-order chi connectivity index (χ1) is 10.6. The van der Waals surface area contributed by atoms with Gasteiger partial charge in [0, 0.05) is 17.1 Å². The summed E-state index contributed by atoms with van der Waals surface area (Å²) in [6.45, 7) is 4.22. The molecule has 4 nitrogen and oxygen atoms in total. The van der Waals surface area contributed by atoms with Crippen molar-refractivity contribution in [1.29, 1.82) is 0 Å². The summed E-state index contributed by atoms with van der Waals surface area (Å²) in [6, 6.07) is 7.97. The lowest BCUT2D eigenvalue weighted by atomic mass is 10.0. The third kappa shape index (κ3) is 6.22. The Kier molecular flexibility index (Phi) is 9.66. The molecule has 5 heteroatoms. The Labute approximate surface area is 146 Å². The van der Waals surface area contributed by atoms with Gasteiger partial charge >= 0.3 is 5.97 Å². The first kappa shape index (κ1) is 19.4. The molecular weight excluding hydrogens is 395 g/mol. The number of methoxy groups -OCH3 is 1. The smallest absolute Gasteiger partial charge is 0.306 e. The molecule has 0 amide bonds. The lowest BCUT2D eigenvalue weighted by Gasteiger charge is -2.27. The van der Waals surface area contributed by atoms with Gasteiger partial charge in [-0.25, -0.2) is 0 Å². The molecule has 0 saturated carbocycles. The number of carbonyl (C=O) groups excluding carboxylic acids is 1. The fraction of sp³-hybridized carbons (Fsp3) is 0.588. The second kappa shape index (κ2) is 11.0. The molecule has 0 aromatic heterocycles. The highest BCUT2D eigenvalue weighted by atomic mass is 127. The Morgan fingerprint density at radius 1 is 1.27 bits per heavy atom. The molecule has 1 aromatic rings. The largest absolute Gasteiger partial charge is 0.459 e. The minimum Gasteiger partial charge on any atom is -0.459 e. The number of benzene rings is 1. The van der Waals surface area contributed by atoms with Gasteiger partial charge in [-0.2, -0.15) is 0 Å². The van der Waals surface area contributed by atoms with Gasteiger partial charge in [0.2, 0.25) is 0 Å². The number of halogens is 1. The van der Waals surface area contributed by atoms with Crippen LogP contribution in [-0.4, -0.2) is 26.0 Å². The van der Waals surface area contributed by atoms with E-state index < -0.39 is 0 Å². The summed E-state index contributed by atoms with van der Waals surface area (Å²) in [5, 5.41) is 0. The topological polar surface area (TPSA) is 44.8 Å². The van der Waals surface area contributed by atoms with Crippen LogP contribution in [0.3, 0.4) is 0 Å². The summed E-state index contributed by atoms with van der Waals surface area (Å²) in [5.41, 5.74) is 1.02. The maximum absolute atomic E-state index is 12.0. The van der Waals surface area contributed by atoms with Gasteiger partial charge in [0.1, 0.15) is 19.0 Å². The van der Waals surface area contributed by atoms with Gasteiger partial charge in [-0.3, -0.25) is 4.79 Å².